The van der Waals surface area contributed by atoms with E-state index in [-0.39, 0.29) is 5.41 Å². The third-order valence-corrected chi connectivity index (χ3v) is 10.1. The predicted octanol–water partition coefficient (Wildman–Crippen LogP) is 10.6. The lowest BCUT2D eigenvalue weighted by Gasteiger charge is -2.21. The Bertz CT molecular complexity index is 2310. The molecular weight excluding hydrogens is 490 g/mol. The molecular formula is C37H25NS. The molecule has 0 unspecified atom stereocenters. The number of hydrogen-bond acceptors (Lipinski definition) is 1. The van der Waals surface area contributed by atoms with Crippen molar-refractivity contribution in [2.45, 2.75) is 19.3 Å². The van der Waals surface area contributed by atoms with Gasteiger partial charge in [0.05, 0.1) is 16.7 Å². The minimum atomic E-state index is -0.0260. The Kier molecular flexibility index (Phi) is 4.07. The zero-order chi connectivity index (χ0) is 25.9. The van der Waals surface area contributed by atoms with E-state index in [1.807, 2.05) is 11.3 Å². The summed E-state index contributed by atoms with van der Waals surface area (Å²) in [4.78, 5) is 0. The lowest BCUT2D eigenvalue weighted by molar-refractivity contribution is 0.661. The van der Waals surface area contributed by atoms with Gasteiger partial charge in [0.15, 0.2) is 0 Å². The third kappa shape index (κ3) is 2.65. The van der Waals surface area contributed by atoms with Crippen molar-refractivity contribution in [2.75, 3.05) is 0 Å². The second-order valence-electron chi connectivity index (χ2n) is 11.3. The first kappa shape index (κ1) is 21.5. The van der Waals surface area contributed by atoms with Crippen LogP contribution < -0.4 is 0 Å². The van der Waals surface area contributed by atoms with E-state index in [9.17, 15) is 0 Å². The number of benzene rings is 6. The number of rotatable bonds is 1. The minimum Gasteiger partial charge on any atom is -0.309 e. The first-order chi connectivity index (χ1) is 19.1. The van der Waals surface area contributed by atoms with Gasteiger partial charge in [-0.25, -0.2) is 0 Å². The number of fused-ring (bicyclic) bond motifs is 12. The van der Waals surface area contributed by atoms with Gasteiger partial charge in [0.2, 0.25) is 0 Å². The van der Waals surface area contributed by atoms with Crippen molar-refractivity contribution >= 4 is 64.1 Å². The summed E-state index contributed by atoms with van der Waals surface area (Å²) in [5.41, 5.74) is 9.37. The smallest absolute Gasteiger partial charge is 0.0555 e. The van der Waals surface area contributed by atoms with E-state index in [0.29, 0.717) is 0 Å². The molecule has 0 radical (unpaired) electrons. The summed E-state index contributed by atoms with van der Waals surface area (Å²) < 4.78 is 5.18. The van der Waals surface area contributed by atoms with Crippen molar-refractivity contribution in [1.82, 2.24) is 4.57 Å². The highest BCUT2D eigenvalue weighted by Gasteiger charge is 2.36. The van der Waals surface area contributed by atoms with Crippen molar-refractivity contribution in [3.05, 3.63) is 126 Å². The molecule has 0 bridgehead atoms. The molecule has 0 spiro atoms. The maximum absolute atomic E-state index is 2.51. The average molecular weight is 516 g/mol. The molecule has 0 amide bonds. The SMILES string of the molecule is CC1(C)c2ccccc2-c2c1ccc1ccc3c(c4ccccc4n3-c3cccc4sc5ccccc5c34)c21. The van der Waals surface area contributed by atoms with Crippen molar-refractivity contribution < 1.29 is 0 Å². The average Bonchev–Trinajstić information content (AvgIpc) is 3.59. The normalized spacial score (nSPS) is 14.1. The Balaban J connectivity index is 1.51. The highest BCUT2D eigenvalue weighted by molar-refractivity contribution is 7.25. The summed E-state index contributed by atoms with van der Waals surface area (Å²) in [6.45, 7) is 4.74. The third-order valence-electron chi connectivity index (χ3n) is 8.98. The Morgan fingerprint density at radius 1 is 0.538 bits per heavy atom. The fourth-order valence-electron chi connectivity index (χ4n) is 7.27. The van der Waals surface area contributed by atoms with E-state index in [4.69, 9.17) is 0 Å². The van der Waals surface area contributed by atoms with E-state index in [1.165, 1.54) is 80.7 Å². The highest BCUT2D eigenvalue weighted by atomic mass is 32.1. The monoisotopic (exact) mass is 515 g/mol. The van der Waals surface area contributed by atoms with Crippen LogP contribution in [0.2, 0.25) is 0 Å². The van der Waals surface area contributed by atoms with E-state index in [2.05, 4.69) is 134 Å². The van der Waals surface area contributed by atoms with Crippen molar-refractivity contribution in [3.63, 3.8) is 0 Å². The topological polar surface area (TPSA) is 4.93 Å². The summed E-state index contributed by atoms with van der Waals surface area (Å²) in [7, 11) is 0. The van der Waals surface area contributed by atoms with Gasteiger partial charge in [-0.3, -0.25) is 0 Å². The van der Waals surface area contributed by atoms with Crippen molar-refractivity contribution in [1.29, 1.82) is 0 Å². The van der Waals surface area contributed by atoms with Crippen LogP contribution in [-0.4, -0.2) is 4.57 Å². The Morgan fingerprint density at radius 3 is 2.21 bits per heavy atom. The van der Waals surface area contributed by atoms with Crippen LogP contribution in [-0.2, 0) is 5.41 Å². The number of thiophene rings is 1. The Morgan fingerprint density at radius 2 is 1.28 bits per heavy atom. The molecule has 0 N–H and O–H groups in total. The van der Waals surface area contributed by atoms with Gasteiger partial charge < -0.3 is 4.57 Å². The van der Waals surface area contributed by atoms with Crippen LogP contribution >= 0.6 is 11.3 Å². The first-order valence-electron chi connectivity index (χ1n) is 13.6. The molecule has 1 aliphatic carbocycles. The lowest BCUT2D eigenvalue weighted by Crippen LogP contribution is -2.14. The van der Waals surface area contributed by atoms with Gasteiger partial charge in [-0.2, -0.15) is 0 Å². The molecule has 39 heavy (non-hydrogen) atoms. The Labute approximate surface area is 230 Å². The molecule has 184 valence electrons. The van der Waals surface area contributed by atoms with Crippen LogP contribution in [0, 0.1) is 0 Å². The molecule has 1 nitrogen and oxygen atoms in total. The second kappa shape index (κ2) is 7.37. The molecule has 0 atom stereocenters. The van der Waals surface area contributed by atoms with Crippen LogP contribution in [0.1, 0.15) is 25.0 Å². The number of aromatic nitrogens is 1. The van der Waals surface area contributed by atoms with E-state index in [1.54, 1.807) is 0 Å². The van der Waals surface area contributed by atoms with Gasteiger partial charge in [0.1, 0.15) is 0 Å². The van der Waals surface area contributed by atoms with Crippen LogP contribution in [0.4, 0.5) is 0 Å². The summed E-state index contributed by atoms with van der Waals surface area (Å²) in [6.07, 6.45) is 0. The summed E-state index contributed by atoms with van der Waals surface area (Å²) >= 11 is 1.88. The van der Waals surface area contributed by atoms with E-state index >= 15 is 0 Å². The highest BCUT2D eigenvalue weighted by Crippen LogP contribution is 2.53. The zero-order valence-electron chi connectivity index (χ0n) is 21.8. The largest absolute Gasteiger partial charge is 0.309 e. The number of nitrogens with zero attached hydrogens (tertiary/aromatic N) is 1. The molecule has 1 aliphatic rings. The number of hydrogen-bond donors (Lipinski definition) is 0. The van der Waals surface area contributed by atoms with Crippen LogP contribution in [0.15, 0.2) is 115 Å². The molecule has 2 aromatic heterocycles. The maximum Gasteiger partial charge on any atom is 0.0555 e. The van der Waals surface area contributed by atoms with Crippen molar-refractivity contribution in [2.24, 2.45) is 0 Å². The molecule has 0 aliphatic heterocycles. The predicted molar refractivity (Wildman–Crippen MR) is 169 cm³/mol. The Hall–Kier alpha value is -4.40. The van der Waals surface area contributed by atoms with Crippen LogP contribution in [0.3, 0.4) is 0 Å². The molecule has 9 rings (SSSR count). The van der Waals surface area contributed by atoms with Crippen molar-refractivity contribution in [3.8, 4) is 16.8 Å². The van der Waals surface area contributed by atoms with Crippen LogP contribution in [0.25, 0.3) is 69.6 Å². The molecule has 6 aromatic carbocycles. The molecule has 0 saturated carbocycles. The molecule has 2 heteroatoms. The van der Waals surface area contributed by atoms with Gasteiger partial charge >= 0.3 is 0 Å². The fourth-order valence-corrected chi connectivity index (χ4v) is 8.40. The first-order valence-corrected chi connectivity index (χ1v) is 14.4. The minimum absolute atomic E-state index is 0.0260. The quantitative estimate of drug-likeness (QED) is 0.205. The molecule has 8 aromatic rings. The number of para-hydroxylation sites is 1. The van der Waals surface area contributed by atoms with Gasteiger partial charge in [0, 0.05) is 36.4 Å². The summed E-state index contributed by atoms with van der Waals surface area (Å²) in [6, 6.07) is 42.9. The standard InChI is InChI=1S/C37H25NS/c1-37(2)26-13-6-3-10-23(26)34-27(37)20-18-22-19-21-30-36(33(22)34)24-11-4-7-14-28(24)38(30)29-15-9-17-32-35(29)25-12-5-8-16-31(25)39-32/h3-21H,1-2H3. The summed E-state index contributed by atoms with van der Waals surface area (Å²) in [5, 5.41) is 8.01. The van der Waals surface area contributed by atoms with Gasteiger partial charge in [-0.15, -0.1) is 11.3 Å². The lowest BCUT2D eigenvalue weighted by atomic mass is 9.82. The van der Waals surface area contributed by atoms with Crippen LogP contribution in [0.5, 0.6) is 0 Å². The van der Waals surface area contributed by atoms with Gasteiger partial charge in [0.25, 0.3) is 0 Å². The van der Waals surface area contributed by atoms with E-state index in [0.717, 1.165) is 0 Å². The van der Waals surface area contributed by atoms with Gasteiger partial charge in [-0.1, -0.05) is 98.8 Å². The second-order valence-corrected chi connectivity index (χ2v) is 12.4. The molecule has 0 saturated heterocycles. The fraction of sp³-hybridized carbons (Fsp3) is 0.0811. The zero-order valence-corrected chi connectivity index (χ0v) is 22.6. The molecule has 2 heterocycles. The van der Waals surface area contributed by atoms with Gasteiger partial charge in [-0.05, 0) is 63.4 Å². The maximum atomic E-state index is 2.51. The molecule has 0 fully saturated rings. The van der Waals surface area contributed by atoms with E-state index < -0.39 is 0 Å². The summed E-state index contributed by atoms with van der Waals surface area (Å²) in [5.74, 6) is 0.